The van der Waals surface area contributed by atoms with Crippen molar-refractivity contribution in [1.29, 1.82) is 0 Å². The highest BCUT2D eigenvalue weighted by molar-refractivity contribution is 4.86. The molecule has 1 aliphatic carbocycles. The third-order valence-electron chi connectivity index (χ3n) is 1.52. The van der Waals surface area contributed by atoms with Crippen molar-refractivity contribution in [3.8, 4) is 0 Å². The molecule has 1 rings (SSSR count). The van der Waals surface area contributed by atoms with Crippen LogP contribution in [-0.4, -0.2) is 13.6 Å². The maximum Gasteiger partial charge on any atom is -0.00491 e. The van der Waals surface area contributed by atoms with E-state index in [1.54, 1.807) is 0 Å². The third-order valence-corrected chi connectivity index (χ3v) is 1.52. The molecule has 1 fully saturated rings. The average molecular weight is 112 g/mol. The van der Waals surface area contributed by atoms with Gasteiger partial charge in [0.2, 0.25) is 0 Å². The normalized spacial score (nSPS) is 19.1. The second-order valence-electron chi connectivity index (χ2n) is 2.47. The first-order chi connectivity index (χ1) is 3.93. The lowest BCUT2D eigenvalue weighted by molar-refractivity contribution is 0.746. The molecule has 0 aromatic carbocycles. The Morgan fingerprint density at radius 2 is 2.38 bits per heavy atom. The van der Waals surface area contributed by atoms with Crippen molar-refractivity contribution in [2.45, 2.75) is 19.3 Å². The SMILES string of the molecule is CNCC[CH]C1CC1. The quantitative estimate of drug-likeness (QED) is 0.539. The average Bonchev–Trinajstić information content (AvgIpc) is 2.51. The van der Waals surface area contributed by atoms with E-state index in [0.717, 1.165) is 12.5 Å². The predicted octanol–water partition coefficient (Wildman–Crippen LogP) is 1.21. The van der Waals surface area contributed by atoms with Crippen LogP contribution in [0.5, 0.6) is 0 Å². The predicted molar refractivity (Wildman–Crippen MR) is 35.6 cm³/mol. The van der Waals surface area contributed by atoms with Gasteiger partial charge in [-0.05, 0) is 45.2 Å². The minimum absolute atomic E-state index is 0.989. The molecule has 0 spiro atoms. The van der Waals surface area contributed by atoms with Crippen molar-refractivity contribution < 1.29 is 0 Å². The van der Waals surface area contributed by atoms with Crippen molar-refractivity contribution in [2.24, 2.45) is 5.92 Å². The fourth-order valence-corrected chi connectivity index (χ4v) is 0.795. The molecule has 0 heterocycles. The highest BCUT2D eigenvalue weighted by atomic mass is 14.8. The fourth-order valence-electron chi connectivity index (χ4n) is 0.795. The Hall–Kier alpha value is -0.0400. The molecule has 1 N–H and O–H groups in total. The molecule has 0 unspecified atom stereocenters. The van der Waals surface area contributed by atoms with Crippen molar-refractivity contribution in [3.63, 3.8) is 0 Å². The van der Waals surface area contributed by atoms with E-state index in [1.807, 2.05) is 7.05 Å². The summed E-state index contributed by atoms with van der Waals surface area (Å²) in [5, 5.41) is 3.12. The summed E-state index contributed by atoms with van der Waals surface area (Å²) in [7, 11) is 2.00. The number of nitrogens with one attached hydrogen (secondary N) is 1. The number of hydrogen-bond donors (Lipinski definition) is 1. The van der Waals surface area contributed by atoms with Crippen LogP contribution in [0, 0.1) is 12.3 Å². The fraction of sp³-hybridized carbons (Fsp3) is 0.857. The zero-order chi connectivity index (χ0) is 5.82. The maximum absolute atomic E-state index is 3.12. The topological polar surface area (TPSA) is 12.0 Å². The number of hydrogen-bond acceptors (Lipinski definition) is 1. The molecule has 8 heavy (non-hydrogen) atoms. The zero-order valence-corrected chi connectivity index (χ0v) is 5.48. The molecule has 1 saturated carbocycles. The summed E-state index contributed by atoms with van der Waals surface area (Å²) in [6, 6.07) is 0. The summed E-state index contributed by atoms with van der Waals surface area (Å²) < 4.78 is 0. The summed E-state index contributed by atoms with van der Waals surface area (Å²) in [6.45, 7) is 1.15. The number of rotatable bonds is 4. The monoisotopic (exact) mass is 112 g/mol. The van der Waals surface area contributed by atoms with Crippen LogP contribution in [0.15, 0.2) is 0 Å². The molecule has 1 radical (unpaired) electrons. The minimum atomic E-state index is 0.989. The van der Waals surface area contributed by atoms with E-state index >= 15 is 0 Å². The van der Waals surface area contributed by atoms with E-state index in [-0.39, 0.29) is 0 Å². The molecule has 1 aliphatic rings. The van der Waals surface area contributed by atoms with Gasteiger partial charge in [0.15, 0.2) is 0 Å². The van der Waals surface area contributed by atoms with Gasteiger partial charge in [-0.1, -0.05) is 0 Å². The Morgan fingerprint density at radius 3 is 2.88 bits per heavy atom. The van der Waals surface area contributed by atoms with Crippen LogP contribution in [0.4, 0.5) is 0 Å². The van der Waals surface area contributed by atoms with Gasteiger partial charge in [0.25, 0.3) is 0 Å². The van der Waals surface area contributed by atoms with Gasteiger partial charge in [-0.3, -0.25) is 0 Å². The van der Waals surface area contributed by atoms with E-state index in [1.165, 1.54) is 19.3 Å². The van der Waals surface area contributed by atoms with Crippen LogP contribution in [-0.2, 0) is 0 Å². The molecular formula is C7H14N. The van der Waals surface area contributed by atoms with Crippen molar-refractivity contribution in [2.75, 3.05) is 13.6 Å². The smallest absolute Gasteiger partial charge is 0.00491 e. The van der Waals surface area contributed by atoms with Crippen molar-refractivity contribution in [1.82, 2.24) is 5.32 Å². The second-order valence-corrected chi connectivity index (χ2v) is 2.47. The Balaban J connectivity index is 1.74. The molecule has 0 atom stereocenters. The lowest BCUT2D eigenvalue weighted by atomic mass is 10.2. The van der Waals surface area contributed by atoms with Gasteiger partial charge in [-0.25, -0.2) is 0 Å². The van der Waals surface area contributed by atoms with E-state index in [4.69, 9.17) is 0 Å². The van der Waals surface area contributed by atoms with Gasteiger partial charge in [-0.15, -0.1) is 0 Å². The van der Waals surface area contributed by atoms with Gasteiger partial charge in [0.1, 0.15) is 0 Å². The third kappa shape index (κ3) is 2.31. The summed E-state index contributed by atoms with van der Waals surface area (Å²) in [4.78, 5) is 0. The van der Waals surface area contributed by atoms with Crippen molar-refractivity contribution in [3.05, 3.63) is 6.42 Å². The van der Waals surface area contributed by atoms with Gasteiger partial charge in [-0.2, -0.15) is 0 Å². The molecule has 0 aliphatic heterocycles. The van der Waals surface area contributed by atoms with Crippen molar-refractivity contribution >= 4 is 0 Å². The van der Waals surface area contributed by atoms with E-state index in [2.05, 4.69) is 11.7 Å². The molecule has 1 nitrogen and oxygen atoms in total. The van der Waals surface area contributed by atoms with E-state index < -0.39 is 0 Å². The van der Waals surface area contributed by atoms with E-state index in [9.17, 15) is 0 Å². The standard InChI is InChI=1S/C7H14N/c1-8-6-2-3-7-4-5-7/h3,7-8H,2,4-6H2,1H3. The van der Waals surface area contributed by atoms with Crippen LogP contribution in [0.2, 0.25) is 0 Å². The summed E-state index contributed by atoms with van der Waals surface area (Å²) in [5.74, 6) is 0.989. The van der Waals surface area contributed by atoms with Crippen LogP contribution >= 0.6 is 0 Å². The second kappa shape index (κ2) is 3.08. The molecule has 0 amide bonds. The van der Waals surface area contributed by atoms with Gasteiger partial charge >= 0.3 is 0 Å². The molecular weight excluding hydrogens is 98.1 g/mol. The zero-order valence-electron chi connectivity index (χ0n) is 5.48. The molecule has 0 saturated heterocycles. The van der Waals surface area contributed by atoms with Gasteiger partial charge in [0, 0.05) is 0 Å². The van der Waals surface area contributed by atoms with Gasteiger partial charge < -0.3 is 5.32 Å². The Kier molecular flexibility index (Phi) is 2.34. The lowest BCUT2D eigenvalue weighted by Crippen LogP contribution is -2.07. The molecule has 0 aromatic heterocycles. The summed E-state index contributed by atoms with van der Waals surface area (Å²) in [5.41, 5.74) is 0. The first kappa shape index (κ1) is 6.09. The molecule has 0 aromatic rings. The van der Waals surface area contributed by atoms with Crippen LogP contribution in [0.25, 0.3) is 0 Å². The first-order valence-electron chi connectivity index (χ1n) is 3.41. The lowest BCUT2D eigenvalue weighted by Gasteiger charge is -1.94. The Labute approximate surface area is 51.5 Å². The molecule has 47 valence electrons. The minimum Gasteiger partial charge on any atom is -0.320 e. The largest absolute Gasteiger partial charge is 0.320 e. The van der Waals surface area contributed by atoms with Crippen LogP contribution in [0.1, 0.15) is 19.3 Å². The Morgan fingerprint density at radius 1 is 1.62 bits per heavy atom. The molecule has 0 bridgehead atoms. The maximum atomic E-state index is 3.12. The van der Waals surface area contributed by atoms with E-state index in [0.29, 0.717) is 0 Å². The first-order valence-corrected chi connectivity index (χ1v) is 3.41. The van der Waals surface area contributed by atoms with Crippen LogP contribution in [0.3, 0.4) is 0 Å². The molecule has 1 heteroatoms. The van der Waals surface area contributed by atoms with Crippen LogP contribution < -0.4 is 5.32 Å². The highest BCUT2D eigenvalue weighted by Crippen LogP contribution is 2.32. The highest BCUT2D eigenvalue weighted by Gasteiger charge is 2.19. The summed E-state index contributed by atoms with van der Waals surface area (Å²) in [6.07, 6.45) is 6.57. The Bertz CT molecular complexity index is 57.4. The summed E-state index contributed by atoms with van der Waals surface area (Å²) >= 11 is 0. The van der Waals surface area contributed by atoms with Gasteiger partial charge in [0.05, 0.1) is 0 Å².